The lowest BCUT2D eigenvalue weighted by Gasteiger charge is -2.09. The largest absolute Gasteiger partial charge is 0.416 e. The van der Waals surface area contributed by atoms with E-state index in [1.807, 2.05) is 0 Å². The summed E-state index contributed by atoms with van der Waals surface area (Å²) in [6.45, 7) is 0. The van der Waals surface area contributed by atoms with Gasteiger partial charge in [-0.1, -0.05) is 12.1 Å². The van der Waals surface area contributed by atoms with Gasteiger partial charge < -0.3 is 5.32 Å². The first kappa shape index (κ1) is 16.2. The predicted octanol–water partition coefficient (Wildman–Crippen LogP) is 3.65. The van der Waals surface area contributed by atoms with Gasteiger partial charge in [-0.3, -0.25) is 9.78 Å². The first-order chi connectivity index (χ1) is 10.9. The maximum atomic E-state index is 12.6. The van der Waals surface area contributed by atoms with Crippen LogP contribution in [0.3, 0.4) is 0 Å². The molecule has 7 heteroatoms. The van der Waals surface area contributed by atoms with Crippen molar-refractivity contribution >= 4 is 17.7 Å². The summed E-state index contributed by atoms with van der Waals surface area (Å²) in [6.07, 6.45) is -1.77. The number of benzene rings is 1. The maximum Gasteiger partial charge on any atom is 0.416 e. The highest BCUT2D eigenvalue weighted by molar-refractivity contribution is 6.09. The zero-order chi connectivity index (χ0) is 16.9. The quantitative estimate of drug-likeness (QED) is 0.694. The summed E-state index contributed by atoms with van der Waals surface area (Å²) in [7, 11) is 0. The van der Waals surface area contributed by atoms with Crippen LogP contribution in [0.5, 0.6) is 0 Å². The molecule has 0 aliphatic rings. The van der Waals surface area contributed by atoms with E-state index in [9.17, 15) is 18.0 Å². The molecule has 0 fully saturated rings. The zero-order valence-electron chi connectivity index (χ0n) is 11.6. The Labute approximate surface area is 129 Å². The Balaban J connectivity index is 2.21. The van der Waals surface area contributed by atoms with Crippen LogP contribution in [-0.2, 0) is 11.0 Å². The molecular weight excluding hydrogens is 307 g/mol. The molecule has 2 aromatic rings. The van der Waals surface area contributed by atoms with Gasteiger partial charge in [0.05, 0.1) is 11.3 Å². The van der Waals surface area contributed by atoms with Crippen LogP contribution >= 0.6 is 0 Å². The highest BCUT2D eigenvalue weighted by Gasteiger charge is 2.30. The first-order valence-electron chi connectivity index (χ1n) is 6.41. The average molecular weight is 317 g/mol. The third kappa shape index (κ3) is 4.41. The van der Waals surface area contributed by atoms with Gasteiger partial charge in [0.15, 0.2) is 0 Å². The molecule has 1 aromatic heterocycles. The summed E-state index contributed by atoms with van der Waals surface area (Å²) in [5.74, 6) is -0.808. The molecule has 1 amide bonds. The van der Waals surface area contributed by atoms with E-state index in [0.29, 0.717) is 5.69 Å². The topological polar surface area (TPSA) is 65.8 Å². The number of nitrogens with one attached hydrogen (secondary N) is 1. The summed E-state index contributed by atoms with van der Waals surface area (Å²) < 4.78 is 37.9. The number of amides is 1. The molecule has 1 N–H and O–H groups in total. The van der Waals surface area contributed by atoms with Gasteiger partial charge in [0.1, 0.15) is 11.6 Å². The number of carbonyl (C=O) groups excluding carboxylic acids is 1. The lowest BCUT2D eigenvalue weighted by Crippen LogP contribution is -2.14. The molecule has 4 nitrogen and oxygen atoms in total. The van der Waals surface area contributed by atoms with Crippen LogP contribution in [0.2, 0.25) is 0 Å². The van der Waals surface area contributed by atoms with Crippen molar-refractivity contribution in [2.75, 3.05) is 5.32 Å². The van der Waals surface area contributed by atoms with Gasteiger partial charge in [0.2, 0.25) is 0 Å². The number of nitrogens with zero attached hydrogens (tertiary/aromatic N) is 2. The number of carbonyl (C=O) groups is 1. The lowest BCUT2D eigenvalue weighted by atomic mass is 10.1. The standard InChI is InChI=1S/C16H10F3N3O/c17-16(18,19)12-4-3-6-14(9-12)22-15(23)11(10-20)8-13-5-1-2-7-21-13/h1-9H,(H,22,23)/b11-8-. The van der Waals surface area contributed by atoms with Gasteiger partial charge in [-0.15, -0.1) is 0 Å². The van der Waals surface area contributed by atoms with E-state index in [1.54, 1.807) is 24.3 Å². The molecule has 0 saturated carbocycles. The molecule has 0 saturated heterocycles. The third-order valence-corrected chi connectivity index (χ3v) is 2.79. The van der Waals surface area contributed by atoms with Crippen molar-refractivity contribution in [1.29, 1.82) is 5.26 Å². The summed E-state index contributed by atoms with van der Waals surface area (Å²) in [5.41, 5.74) is -0.807. The van der Waals surface area contributed by atoms with E-state index in [0.717, 1.165) is 12.1 Å². The van der Waals surface area contributed by atoms with E-state index < -0.39 is 17.6 Å². The molecular formula is C16H10F3N3O. The number of rotatable bonds is 3. The van der Waals surface area contributed by atoms with Gasteiger partial charge in [0, 0.05) is 11.9 Å². The van der Waals surface area contributed by atoms with E-state index in [1.165, 1.54) is 24.4 Å². The van der Waals surface area contributed by atoms with Crippen LogP contribution in [0.25, 0.3) is 6.08 Å². The Hall–Kier alpha value is -3.14. The minimum absolute atomic E-state index is 0.0491. The van der Waals surface area contributed by atoms with Crippen LogP contribution < -0.4 is 5.32 Å². The minimum Gasteiger partial charge on any atom is -0.321 e. The van der Waals surface area contributed by atoms with Gasteiger partial charge in [-0.25, -0.2) is 0 Å². The second-order valence-corrected chi connectivity index (χ2v) is 4.46. The molecule has 0 radical (unpaired) electrons. The third-order valence-electron chi connectivity index (χ3n) is 2.79. The van der Waals surface area contributed by atoms with Crippen molar-refractivity contribution in [1.82, 2.24) is 4.98 Å². The number of halogens is 3. The van der Waals surface area contributed by atoms with Gasteiger partial charge >= 0.3 is 6.18 Å². The zero-order valence-corrected chi connectivity index (χ0v) is 11.6. The highest BCUT2D eigenvalue weighted by atomic mass is 19.4. The molecule has 0 aliphatic carbocycles. The van der Waals surface area contributed by atoms with Crippen molar-refractivity contribution < 1.29 is 18.0 Å². The molecule has 0 bridgehead atoms. The summed E-state index contributed by atoms with van der Waals surface area (Å²) >= 11 is 0. The van der Waals surface area contributed by atoms with E-state index in [4.69, 9.17) is 5.26 Å². The smallest absolute Gasteiger partial charge is 0.321 e. The number of pyridine rings is 1. The molecule has 2 rings (SSSR count). The highest BCUT2D eigenvalue weighted by Crippen LogP contribution is 2.30. The van der Waals surface area contributed by atoms with Crippen LogP contribution in [0.1, 0.15) is 11.3 Å². The normalized spacial score (nSPS) is 11.7. The number of alkyl halides is 3. The van der Waals surface area contributed by atoms with Crippen molar-refractivity contribution in [3.63, 3.8) is 0 Å². The van der Waals surface area contributed by atoms with Crippen molar-refractivity contribution in [3.8, 4) is 6.07 Å². The number of hydrogen-bond acceptors (Lipinski definition) is 3. The average Bonchev–Trinajstić information content (AvgIpc) is 2.53. The molecule has 0 spiro atoms. The lowest BCUT2D eigenvalue weighted by molar-refractivity contribution is -0.137. The second kappa shape index (κ2) is 6.75. The monoisotopic (exact) mass is 317 g/mol. The predicted molar refractivity (Wildman–Crippen MR) is 77.9 cm³/mol. The Morgan fingerprint density at radius 3 is 2.61 bits per heavy atom. The van der Waals surface area contributed by atoms with Gasteiger partial charge in [0.25, 0.3) is 5.91 Å². The maximum absolute atomic E-state index is 12.6. The summed E-state index contributed by atoms with van der Waals surface area (Å²) in [5, 5.41) is 11.3. The molecule has 0 unspecified atom stereocenters. The van der Waals surface area contributed by atoms with Crippen molar-refractivity contribution in [3.05, 3.63) is 65.5 Å². The summed E-state index contributed by atoms with van der Waals surface area (Å²) in [6, 6.07) is 10.8. The van der Waals surface area contributed by atoms with E-state index >= 15 is 0 Å². The van der Waals surface area contributed by atoms with Gasteiger partial charge in [-0.05, 0) is 36.4 Å². The fraction of sp³-hybridized carbons (Fsp3) is 0.0625. The summed E-state index contributed by atoms with van der Waals surface area (Å²) in [4.78, 5) is 15.9. The molecule has 1 heterocycles. The molecule has 23 heavy (non-hydrogen) atoms. The van der Waals surface area contributed by atoms with Crippen LogP contribution in [0.15, 0.2) is 54.2 Å². The molecule has 1 aromatic carbocycles. The Kier molecular flexibility index (Phi) is 4.76. The van der Waals surface area contributed by atoms with E-state index in [-0.39, 0.29) is 11.3 Å². The fourth-order valence-corrected chi connectivity index (χ4v) is 1.73. The van der Waals surface area contributed by atoms with Crippen LogP contribution in [0.4, 0.5) is 18.9 Å². The van der Waals surface area contributed by atoms with Gasteiger partial charge in [-0.2, -0.15) is 18.4 Å². The van der Waals surface area contributed by atoms with Crippen LogP contribution in [-0.4, -0.2) is 10.9 Å². The second-order valence-electron chi connectivity index (χ2n) is 4.46. The Morgan fingerprint density at radius 2 is 2.00 bits per heavy atom. The first-order valence-corrected chi connectivity index (χ1v) is 6.41. The molecule has 0 aliphatic heterocycles. The number of aromatic nitrogens is 1. The molecule has 116 valence electrons. The Bertz CT molecular complexity index is 777. The number of nitriles is 1. The molecule has 0 atom stereocenters. The van der Waals surface area contributed by atoms with Crippen LogP contribution in [0, 0.1) is 11.3 Å². The number of hydrogen-bond donors (Lipinski definition) is 1. The van der Waals surface area contributed by atoms with E-state index in [2.05, 4.69) is 10.3 Å². The fourth-order valence-electron chi connectivity index (χ4n) is 1.73. The Morgan fingerprint density at radius 1 is 1.22 bits per heavy atom. The minimum atomic E-state index is -4.51. The van der Waals surface area contributed by atoms with Crippen molar-refractivity contribution in [2.24, 2.45) is 0 Å². The van der Waals surface area contributed by atoms with Crippen molar-refractivity contribution in [2.45, 2.75) is 6.18 Å². The number of anilines is 1. The SMILES string of the molecule is N#C/C(=C/c1ccccn1)C(=O)Nc1cccc(C(F)(F)F)c1.